The van der Waals surface area contributed by atoms with Crippen LogP contribution in [0.25, 0.3) is 0 Å². The van der Waals surface area contributed by atoms with Gasteiger partial charge in [0.2, 0.25) is 5.91 Å². The van der Waals surface area contributed by atoms with Gasteiger partial charge in [-0.15, -0.1) is 11.3 Å². The molecule has 34 heavy (non-hydrogen) atoms. The van der Waals surface area contributed by atoms with E-state index in [0.717, 1.165) is 28.2 Å². The molecule has 0 fully saturated rings. The fourth-order valence-electron chi connectivity index (χ4n) is 3.35. The highest BCUT2D eigenvalue weighted by Crippen LogP contribution is 2.28. The lowest BCUT2D eigenvalue weighted by atomic mass is 10.1. The Bertz CT molecular complexity index is 1230. The first-order chi connectivity index (χ1) is 16.3. The van der Waals surface area contributed by atoms with Crippen LogP contribution in [0.15, 0.2) is 52.7 Å². The number of rotatable bonds is 11. The van der Waals surface area contributed by atoms with Gasteiger partial charge in [0.05, 0.1) is 37.3 Å². The summed E-state index contributed by atoms with van der Waals surface area (Å²) in [5.41, 5.74) is 2.54. The number of nitrogens with two attached hydrogens (primary N) is 1. The van der Waals surface area contributed by atoms with E-state index in [9.17, 15) is 13.2 Å². The highest BCUT2D eigenvalue weighted by Gasteiger charge is 2.20. The highest BCUT2D eigenvalue weighted by molar-refractivity contribution is 7.86. The smallest absolute Gasteiger partial charge is 0.312 e. The minimum atomic E-state index is -3.98. The molecule has 1 amide bonds. The zero-order valence-corrected chi connectivity index (χ0v) is 20.7. The van der Waals surface area contributed by atoms with E-state index in [1.807, 2.05) is 18.4 Å². The summed E-state index contributed by atoms with van der Waals surface area (Å²) in [5.74, 6) is 5.80. The van der Waals surface area contributed by atoms with Gasteiger partial charge in [0.25, 0.3) is 0 Å². The van der Waals surface area contributed by atoms with E-state index >= 15 is 0 Å². The van der Waals surface area contributed by atoms with Gasteiger partial charge in [-0.3, -0.25) is 4.79 Å². The maximum Gasteiger partial charge on any atom is 0.312 e. The van der Waals surface area contributed by atoms with Crippen LogP contribution in [0.4, 0.5) is 0 Å². The first kappa shape index (κ1) is 25.6. The molecule has 0 saturated carbocycles. The van der Waals surface area contributed by atoms with Crippen LogP contribution in [0.3, 0.4) is 0 Å². The standard InChI is InChI=1S/C23H27N3O6S2/c1-4-17-14-33-23(25-17)19(11-15-5-8-18(9-6-15)34(28,29)32-24)26-22(27)13-16-7-10-20(30-2)21(12-16)31-3/h5-10,12,14,19H,4,11,13,24H2,1-3H3,(H,26,27)/t19-/m0/s1. The number of carbonyl (C=O) groups excluding carboxylic acids is 1. The van der Waals surface area contributed by atoms with Crippen molar-refractivity contribution in [3.8, 4) is 11.5 Å². The molecule has 0 aliphatic heterocycles. The van der Waals surface area contributed by atoms with Crippen LogP contribution >= 0.6 is 11.3 Å². The molecule has 3 N–H and O–H groups in total. The Balaban J connectivity index is 1.79. The monoisotopic (exact) mass is 505 g/mol. The minimum Gasteiger partial charge on any atom is -0.493 e. The van der Waals surface area contributed by atoms with Crippen molar-refractivity contribution < 1.29 is 27.0 Å². The van der Waals surface area contributed by atoms with Crippen molar-refractivity contribution in [1.82, 2.24) is 10.3 Å². The Morgan fingerprint density at radius 2 is 1.76 bits per heavy atom. The number of aryl methyl sites for hydroxylation is 1. The van der Waals surface area contributed by atoms with Gasteiger partial charge in [-0.25, -0.2) is 4.98 Å². The summed E-state index contributed by atoms with van der Waals surface area (Å²) in [6, 6.07) is 11.1. The summed E-state index contributed by atoms with van der Waals surface area (Å²) in [5, 5.41) is 5.81. The quantitative estimate of drug-likeness (QED) is 0.381. The van der Waals surface area contributed by atoms with E-state index in [4.69, 9.17) is 15.4 Å². The number of nitrogens with zero attached hydrogens (tertiary/aromatic N) is 1. The van der Waals surface area contributed by atoms with Crippen LogP contribution in [0.1, 0.15) is 34.8 Å². The third-order valence-corrected chi connectivity index (χ3v) is 7.27. The van der Waals surface area contributed by atoms with Crippen LogP contribution in [0, 0.1) is 0 Å². The van der Waals surface area contributed by atoms with Crippen molar-refractivity contribution >= 4 is 27.4 Å². The number of ether oxygens (including phenoxy) is 2. The molecule has 0 aliphatic rings. The average Bonchev–Trinajstić information content (AvgIpc) is 3.33. The lowest BCUT2D eigenvalue weighted by Crippen LogP contribution is -2.31. The molecule has 9 nitrogen and oxygen atoms in total. The number of hydrogen-bond donors (Lipinski definition) is 2. The summed E-state index contributed by atoms with van der Waals surface area (Å²) in [6.07, 6.45) is 1.36. The number of thiazole rings is 1. The SMILES string of the molecule is CCc1csc([C@H](Cc2ccc(S(=O)(=O)ON)cc2)NC(=O)Cc2ccc(OC)c(OC)c2)n1. The van der Waals surface area contributed by atoms with Gasteiger partial charge in [-0.05, 0) is 48.2 Å². The van der Waals surface area contributed by atoms with E-state index in [-0.39, 0.29) is 23.3 Å². The predicted octanol–water partition coefficient (Wildman–Crippen LogP) is 2.94. The molecule has 1 atom stereocenters. The van der Waals surface area contributed by atoms with Gasteiger partial charge < -0.3 is 14.8 Å². The largest absolute Gasteiger partial charge is 0.493 e. The molecule has 3 aromatic rings. The third kappa shape index (κ3) is 6.32. The van der Waals surface area contributed by atoms with E-state index in [2.05, 4.69) is 14.6 Å². The van der Waals surface area contributed by atoms with E-state index in [0.29, 0.717) is 17.9 Å². The van der Waals surface area contributed by atoms with Gasteiger partial charge in [0, 0.05) is 5.38 Å². The lowest BCUT2D eigenvalue weighted by molar-refractivity contribution is -0.121. The van der Waals surface area contributed by atoms with Crippen molar-refractivity contribution in [2.75, 3.05) is 14.2 Å². The van der Waals surface area contributed by atoms with Crippen molar-refractivity contribution in [3.05, 3.63) is 69.7 Å². The normalized spacial score (nSPS) is 12.2. The molecule has 3 rings (SSSR count). The molecular weight excluding hydrogens is 478 g/mol. The molecule has 1 heterocycles. The zero-order chi connectivity index (χ0) is 24.7. The first-order valence-electron chi connectivity index (χ1n) is 10.5. The second-order valence-corrected chi connectivity index (χ2v) is 9.88. The Hall–Kier alpha value is -2.99. The fourth-order valence-corrected chi connectivity index (χ4v) is 4.88. The minimum absolute atomic E-state index is 0.0460. The summed E-state index contributed by atoms with van der Waals surface area (Å²) in [4.78, 5) is 17.5. The topological polar surface area (TPSA) is 130 Å². The van der Waals surface area contributed by atoms with Crippen molar-refractivity contribution in [2.24, 2.45) is 5.90 Å². The summed E-state index contributed by atoms with van der Waals surface area (Å²) < 4.78 is 38.2. The maximum atomic E-state index is 12.9. The molecule has 2 aromatic carbocycles. The van der Waals surface area contributed by atoms with Crippen molar-refractivity contribution in [2.45, 2.75) is 37.1 Å². The molecule has 0 bridgehead atoms. The second-order valence-electron chi connectivity index (χ2n) is 7.42. The lowest BCUT2D eigenvalue weighted by Gasteiger charge is -2.17. The summed E-state index contributed by atoms with van der Waals surface area (Å²) in [6.45, 7) is 2.02. The predicted molar refractivity (Wildman–Crippen MR) is 128 cm³/mol. The van der Waals surface area contributed by atoms with Gasteiger partial charge in [0.15, 0.2) is 11.5 Å². The number of hydrogen-bond acceptors (Lipinski definition) is 9. The number of carbonyl (C=O) groups is 1. The first-order valence-corrected chi connectivity index (χ1v) is 12.7. The van der Waals surface area contributed by atoms with Crippen LogP contribution in [-0.4, -0.2) is 33.5 Å². The van der Waals surface area contributed by atoms with E-state index in [1.54, 1.807) is 38.5 Å². The highest BCUT2D eigenvalue weighted by atomic mass is 32.2. The Labute approximate surface area is 203 Å². The number of amides is 1. The Morgan fingerprint density at radius 3 is 2.35 bits per heavy atom. The Kier molecular flexibility index (Phi) is 8.61. The van der Waals surface area contributed by atoms with Gasteiger partial charge in [-0.1, -0.05) is 25.1 Å². The van der Waals surface area contributed by atoms with Crippen LogP contribution < -0.4 is 20.7 Å². The molecule has 0 unspecified atom stereocenters. The summed E-state index contributed by atoms with van der Waals surface area (Å²) >= 11 is 1.48. The average molecular weight is 506 g/mol. The van der Waals surface area contributed by atoms with E-state index in [1.165, 1.54) is 23.5 Å². The molecule has 0 aliphatic carbocycles. The molecule has 1 aromatic heterocycles. The molecule has 182 valence electrons. The molecule has 0 spiro atoms. The number of methoxy groups -OCH3 is 2. The Morgan fingerprint density at radius 1 is 1.09 bits per heavy atom. The van der Waals surface area contributed by atoms with Crippen molar-refractivity contribution in [3.63, 3.8) is 0 Å². The van der Waals surface area contributed by atoms with Gasteiger partial charge >= 0.3 is 10.1 Å². The van der Waals surface area contributed by atoms with Crippen molar-refractivity contribution in [1.29, 1.82) is 0 Å². The van der Waals surface area contributed by atoms with E-state index < -0.39 is 10.1 Å². The molecule has 0 saturated heterocycles. The number of aromatic nitrogens is 1. The van der Waals surface area contributed by atoms with Gasteiger partial charge in [-0.2, -0.15) is 18.6 Å². The molecule has 11 heteroatoms. The fraction of sp³-hybridized carbons (Fsp3) is 0.304. The van der Waals surface area contributed by atoms with Crippen LogP contribution in [0.5, 0.6) is 11.5 Å². The molecular formula is C23H27N3O6S2. The third-order valence-electron chi connectivity index (χ3n) is 5.16. The van der Waals surface area contributed by atoms with Crippen LogP contribution in [0.2, 0.25) is 0 Å². The van der Waals surface area contributed by atoms with Gasteiger partial charge in [0.1, 0.15) is 5.01 Å². The molecule has 0 radical (unpaired) electrons. The zero-order valence-electron chi connectivity index (χ0n) is 19.1. The number of nitrogens with one attached hydrogen (secondary N) is 1. The number of benzene rings is 2. The maximum absolute atomic E-state index is 12.9. The second kappa shape index (κ2) is 11.4. The summed E-state index contributed by atoms with van der Waals surface area (Å²) in [7, 11) is -0.884. The van der Waals surface area contributed by atoms with Crippen LogP contribution in [-0.2, 0) is 38.5 Å².